The van der Waals surface area contributed by atoms with Crippen LogP contribution in [0.5, 0.6) is 0 Å². The summed E-state index contributed by atoms with van der Waals surface area (Å²) < 4.78 is 9.41. The minimum Gasteiger partial charge on any atom is -0.453 e. The lowest BCUT2D eigenvalue weighted by Crippen LogP contribution is -2.54. The number of amides is 4. The Labute approximate surface area is 306 Å². The van der Waals surface area contributed by atoms with Crippen molar-refractivity contribution in [3.63, 3.8) is 0 Å². The van der Waals surface area contributed by atoms with Gasteiger partial charge in [-0.2, -0.15) is 0 Å². The number of hydrogen-bond acceptors (Lipinski definition) is 8. The average Bonchev–Trinajstić information content (AvgIpc) is 3.94. The monoisotopic (exact) mass is 716 g/mol. The van der Waals surface area contributed by atoms with Crippen molar-refractivity contribution in [2.24, 2.45) is 22.6 Å². The number of methoxy groups -OCH3 is 2. The summed E-state index contributed by atoms with van der Waals surface area (Å²) in [5.74, 6) is 6.43. The zero-order valence-corrected chi connectivity index (χ0v) is 31.0. The molecule has 280 valence electrons. The number of ether oxygens (including phenoxy) is 2. The van der Waals surface area contributed by atoms with Crippen LogP contribution in [0.3, 0.4) is 0 Å². The zero-order chi connectivity index (χ0) is 38.4. The van der Waals surface area contributed by atoms with Gasteiger partial charge in [-0.05, 0) is 55.2 Å². The predicted octanol–water partition coefficient (Wildman–Crippen LogP) is 4.52. The van der Waals surface area contributed by atoms with Crippen LogP contribution in [0.15, 0.2) is 60.9 Å². The highest BCUT2D eigenvalue weighted by Crippen LogP contribution is 2.32. The summed E-state index contributed by atoms with van der Waals surface area (Å²) in [6, 6.07) is 5.68. The molecule has 52 heavy (non-hydrogen) atoms. The number of H-pyrrole nitrogens is 1. The summed E-state index contributed by atoms with van der Waals surface area (Å²) in [7, 11) is 2.54. The molecule has 14 nitrogen and oxygen atoms in total. The molecular formula is C38H52N8O6. The van der Waals surface area contributed by atoms with Crippen molar-refractivity contribution < 1.29 is 28.7 Å². The Hall–Kier alpha value is -5.58. The fourth-order valence-corrected chi connectivity index (χ4v) is 6.17. The molecule has 1 unspecified atom stereocenters. The highest BCUT2D eigenvalue weighted by molar-refractivity contribution is 5.94. The Kier molecular flexibility index (Phi) is 15.5. The van der Waals surface area contributed by atoms with Crippen LogP contribution >= 0.6 is 0 Å². The Morgan fingerprint density at radius 1 is 0.942 bits per heavy atom. The van der Waals surface area contributed by atoms with Crippen molar-refractivity contribution in [1.82, 2.24) is 30.4 Å². The number of aromatic amines is 1. The summed E-state index contributed by atoms with van der Waals surface area (Å²) in [5.41, 5.74) is 8.82. The minimum absolute atomic E-state index is 0.111. The maximum absolute atomic E-state index is 13.4. The molecule has 14 heteroatoms. The molecule has 0 bridgehead atoms. The van der Waals surface area contributed by atoms with Gasteiger partial charge in [0.1, 0.15) is 23.7 Å². The molecule has 2 aliphatic heterocycles. The molecule has 1 aromatic carbocycles. The van der Waals surface area contributed by atoms with Gasteiger partial charge in [0, 0.05) is 30.9 Å². The first-order chi connectivity index (χ1) is 24.9. The van der Waals surface area contributed by atoms with Crippen LogP contribution in [-0.4, -0.2) is 95.0 Å². The largest absolute Gasteiger partial charge is 0.453 e. The molecule has 1 aromatic heterocycles. The summed E-state index contributed by atoms with van der Waals surface area (Å²) in [4.78, 5) is 66.1. The number of amidine groups is 1. The van der Waals surface area contributed by atoms with E-state index < -0.39 is 24.3 Å². The summed E-state index contributed by atoms with van der Waals surface area (Å²) in [6.45, 7) is 14.6. The van der Waals surface area contributed by atoms with Crippen molar-refractivity contribution in [1.29, 1.82) is 0 Å². The zero-order valence-electron chi connectivity index (χ0n) is 31.0. The number of nitrogens with two attached hydrogens (primary N) is 1. The normalized spacial score (nSPS) is 18.3. The van der Waals surface area contributed by atoms with E-state index in [0.29, 0.717) is 31.2 Å². The van der Waals surface area contributed by atoms with Gasteiger partial charge in [0.05, 0.1) is 38.2 Å². The number of imidazole rings is 1. The molecule has 3 heterocycles. The molecule has 2 saturated heterocycles. The van der Waals surface area contributed by atoms with E-state index in [1.54, 1.807) is 22.1 Å². The van der Waals surface area contributed by atoms with Gasteiger partial charge < -0.3 is 40.6 Å². The number of allylic oxidation sites excluding steroid dienone is 1. The molecular weight excluding hydrogens is 664 g/mol. The van der Waals surface area contributed by atoms with Gasteiger partial charge in [-0.3, -0.25) is 9.59 Å². The van der Waals surface area contributed by atoms with Crippen LogP contribution in [0.1, 0.15) is 70.8 Å². The van der Waals surface area contributed by atoms with E-state index in [1.807, 2.05) is 52.0 Å². The van der Waals surface area contributed by atoms with Gasteiger partial charge in [0.2, 0.25) is 11.8 Å². The molecule has 2 aliphatic rings. The summed E-state index contributed by atoms with van der Waals surface area (Å²) in [6.07, 6.45) is 6.64. The van der Waals surface area contributed by atoms with Crippen molar-refractivity contribution in [2.45, 2.75) is 77.5 Å². The smallest absolute Gasteiger partial charge is 0.407 e. The van der Waals surface area contributed by atoms with Crippen molar-refractivity contribution in [2.75, 3.05) is 27.3 Å². The number of carbonyl (C=O) groups excluding carboxylic acids is 4. The van der Waals surface area contributed by atoms with Crippen LogP contribution in [0.2, 0.25) is 0 Å². The summed E-state index contributed by atoms with van der Waals surface area (Å²) in [5, 5.41) is 5.29. The van der Waals surface area contributed by atoms with Gasteiger partial charge in [0.15, 0.2) is 0 Å². The van der Waals surface area contributed by atoms with Crippen LogP contribution < -0.4 is 16.4 Å². The molecule has 0 aliphatic carbocycles. The number of aliphatic imine (C=N–C) groups is 1. The Morgan fingerprint density at radius 2 is 1.50 bits per heavy atom. The fraction of sp³-hybridized carbons (Fsp3) is 0.474. The van der Waals surface area contributed by atoms with Crippen molar-refractivity contribution >= 4 is 29.8 Å². The standard InChI is InChI=1S/C36H48N8O6.C2H4/c1-22(2)29(41-35(47)49-5)33(45)43-19-9-12-27(43)31(37)38-18-8-7-11-24-14-16-25(17-15-24)26-21-39-32(40-26)28-13-10-20-44(28)34(46)30(23(3)4)42-36(48)50-6;1-2/h8,14-18,21-23,27-30H,9-10,12-13,19-20H2,1-6H3,(H2,37,38)(H,39,40)(H,41,47)(H,42,48);1-2H2/b18-8+;/t27-,28-,29?,30-;/m1./s1. The lowest BCUT2D eigenvalue weighted by Gasteiger charge is -2.30. The molecule has 0 saturated carbocycles. The third-order valence-electron chi connectivity index (χ3n) is 8.90. The maximum atomic E-state index is 13.4. The van der Waals surface area contributed by atoms with Gasteiger partial charge >= 0.3 is 12.2 Å². The maximum Gasteiger partial charge on any atom is 0.407 e. The summed E-state index contributed by atoms with van der Waals surface area (Å²) >= 11 is 0. The van der Waals surface area contributed by atoms with E-state index in [4.69, 9.17) is 10.5 Å². The van der Waals surface area contributed by atoms with Crippen LogP contribution in [0.25, 0.3) is 11.3 Å². The first-order valence-corrected chi connectivity index (χ1v) is 17.4. The van der Waals surface area contributed by atoms with Gasteiger partial charge in [-0.1, -0.05) is 51.7 Å². The lowest BCUT2D eigenvalue weighted by atomic mass is 10.0. The topological polar surface area (TPSA) is 184 Å². The van der Waals surface area contributed by atoms with Crippen molar-refractivity contribution in [3.8, 4) is 23.1 Å². The number of alkyl carbamates (subject to hydrolysis) is 2. The quantitative estimate of drug-likeness (QED) is 0.120. The first-order valence-electron chi connectivity index (χ1n) is 17.4. The number of carbonyl (C=O) groups is 4. The van der Waals surface area contributed by atoms with Crippen LogP contribution in [-0.2, 0) is 19.1 Å². The Balaban J connectivity index is 0.00000358. The van der Waals surface area contributed by atoms with E-state index in [9.17, 15) is 19.2 Å². The minimum atomic E-state index is -0.729. The molecule has 2 aromatic rings. The predicted molar refractivity (Wildman–Crippen MR) is 200 cm³/mol. The fourth-order valence-electron chi connectivity index (χ4n) is 6.17. The lowest BCUT2D eigenvalue weighted by molar-refractivity contribution is -0.135. The Bertz CT molecular complexity index is 1650. The molecule has 0 radical (unpaired) electrons. The van der Waals surface area contributed by atoms with E-state index in [2.05, 4.69) is 55.3 Å². The number of benzene rings is 1. The number of rotatable bonds is 10. The highest BCUT2D eigenvalue weighted by atomic mass is 16.5. The van der Waals surface area contributed by atoms with Gasteiger partial charge in [-0.25, -0.2) is 19.6 Å². The first kappa shape index (κ1) is 40.8. The average molecular weight is 717 g/mol. The molecule has 2 fully saturated rings. The van der Waals surface area contributed by atoms with Crippen LogP contribution in [0, 0.1) is 23.7 Å². The second kappa shape index (κ2) is 19.7. The highest BCUT2D eigenvalue weighted by Gasteiger charge is 2.38. The number of nitrogens with one attached hydrogen (secondary N) is 3. The van der Waals surface area contributed by atoms with E-state index in [1.165, 1.54) is 20.4 Å². The second-order valence-corrected chi connectivity index (χ2v) is 13.0. The SMILES string of the molecule is C=C.COC(=O)NC(C(=O)N1CCC[C@@H]1C(N)=N/C=C/C#Cc1ccc(-c2cnc([C@H]3CCCN3C(=O)[C@H](NC(=O)OC)C(C)C)[nH]2)cc1)C(C)C. The van der Waals surface area contributed by atoms with Crippen LogP contribution in [0.4, 0.5) is 9.59 Å². The third-order valence-corrected chi connectivity index (χ3v) is 8.90. The molecule has 4 rings (SSSR count). The van der Waals surface area contributed by atoms with Gasteiger partial charge in [0.25, 0.3) is 0 Å². The molecule has 0 spiro atoms. The number of hydrogen-bond donors (Lipinski definition) is 4. The molecule has 4 amide bonds. The second-order valence-electron chi connectivity index (χ2n) is 13.0. The number of likely N-dealkylation sites (tertiary alicyclic amines) is 2. The number of aromatic nitrogens is 2. The van der Waals surface area contributed by atoms with E-state index in [-0.39, 0.29) is 35.7 Å². The van der Waals surface area contributed by atoms with Crippen molar-refractivity contribution in [3.05, 3.63) is 67.3 Å². The number of nitrogens with zero attached hydrogens (tertiary/aromatic N) is 4. The van der Waals surface area contributed by atoms with E-state index >= 15 is 0 Å². The third kappa shape index (κ3) is 10.5. The molecule has 4 atom stereocenters. The van der Waals surface area contributed by atoms with Gasteiger partial charge in [-0.15, -0.1) is 13.2 Å². The molecule has 5 N–H and O–H groups in total. The Morgan fingerprint density at radius 3 is 2.08 bits per heavy atom. The van der Waals surface area contributed by atoms with E-state index in [0.717, 1.165) is 36.1 Å².